The molecule has 0 saturated heterocycles. The van der Waals surface area contributed by atoms with Gasteiger partial charge in [0.2, 0.25) is 0 Å². The first-order chi connectivity index (χ1) is 9.47. The van der Waals surface area contributed by atoms with Gasteiger partial charge in [0.05, 0.1) is 10.5 Å². The zero-order valence-electron chi connectivity index (χ0n) is 10.5. The third kappa shape index (κ3) is 2.97. The highest BCUT2D eigenvalue weighted by Crippen LogP contribution is 2.20. The van der Waals surface area contributed by atoms with Gasteiger partial charge in [0, 0.05) is 12.1 Å². The first kappa shape index (κ1) is 13.7. The van der Waals surface area contributed by atoms with Gasteiger partial charge in [-0.15, -0.1) is 0 Å². The number of nitrogens with zero attached hydrogens (tertiary/aromatic N) is 1. The van der Waals surface area contributed by atoms with Gasteiger partial charge in [0.25, 0.3) is 5.69 Å². The molecule has 0 heterocycles. The molecule has 2 aromatic carbocycles. The van der Waals surface area contributed by atoms with Crippen LogP contribution in [0.5, 0.6) is 5.75 Å². The number of non-ortho nitro benzene ring substituents is 1. The molecule has 0 aliphatic carbocycles. The number of esters is 1. The molecule has 6 heteroatoms. The van der Waals surface area contributed by atoms with Crippen molar-refractivity contribution in [2.24, 2.45) is 0 Å². The maximum absolute atomic E-state index is 13.4. The molecule has 0 unspecified atom stereocenters. The number of benzene rings is 2. The molecule has 102 valence electrons. The summed E-state index contributed by atoms with van der Waals surface area (Å²) in [6, 6.07) is 9.31. The highest BCUT2D eigenvalue weighted by atomic mass is 19.1. The van der Waals surface area contributed by atoms with Gasteiger partial charge in [-0.2, -0.15) is 0 Å². The van der Waals surface area contributed by atoms with Crippen molar-refractivity contribution in [1.29, 1.82) is 0 Å². The molecule has 0 aliphatic heterocycles. The quantitative estimate of drug-likeness (QED) is 0.373. The van der Waals surface area contributed by atoms with Gasteiger partial charge in [-0.1, -0.05) is 12.1 Å². The number of rotatable bonds is 3. The van der Waals surface area contributed by atoms with Crippen LogP contribution < -0.4 is 4.74 Å². The Morgan fingerprint density at radius 3 is 2.60 bits per heavy atom. The second-order valence-electron chi connectivity index (χ2n) is 4.13. The van der Waals surface area contributed by atoms with Crippen LogP contribution >= 0.6 is 0 Å². The SMILES string of the molecule is Cc1cc(C(=O)Oc2ccccc2F)cc([N+](=O)[O-])c1. The van der Waals surface area contributed by atoms with Crippen molar-refractivity contribution >= 4 is 11.7 Å². The van der Waals surface area contributed by atoms with Gasteiger partial charge < -0.3 is 4.74 Å². The molecule has 0 bridgehead atoms. The fourth-order valence-corrected chi connectivity index (χ4v) is 1.67. The monoisotopic (exact) mass is 275 g/mol. The molecule has 0 amide bonds. The summed E-state index contributed by atoms with van der Waals surface area (Å²) < 4.78 is 18.3. The smallest absolute Gasteiger partial charge is 0.343 e. The molecule has 20 heavy (non-hydrogen) atoms. The summed E-state index contributed by atoms with van der Waals surface area (Å²) in [5.74, 6) is -1.74. The normalized spacial score (nSPS) is 10.1. The number of para-hydroxylation sites is 1. The molecule has 2 aromatic rings. The maximum atomic E-state index is 13.4. The average Bonchev–Trinajstić information content (AvgIpc) is 2.40. The lowest BCUT2D eigenvalue weighted by Gasteiger charge is -2.06. The summed E-state index contributed by atoms with van der Waals surface area (Å²) in [5.41, 5.74) is 0.324. The van der Waals surface area contributed by atoms with Crippen LogP contribution in [0, 0.1) is 22.9 Å². The first-order valence-electron chi connectivity index (χ1n) is 5.70. The third-order valence-electron chi connectivity index (χ3n) is 2.55. The molecule has 0 N–H and O–H groups in total. The molecule has 0 saturated carbocycles. The average molecular weight is 275 g/mol. The third-order valence-corrected chi connectivity index (χ3v) is 2.55. The molecule has 0 aliphatic rings. The van der Waals surface area contributed by atoms with E-state index in [9.17, 15) is 19.3 Å². The highest BCUT2D eigenvalue weighted by molar-refractivity contribution is 5.92. The molecular weight excluding hydrogens is 265 g/mol. The van der Waals surface area contributed by atoms with E-state index in [2.05, 4.69) is 0 Å². The van der Waals surface area contributed by atoms with Crippen molar-refractivity contribution in [3.8, 4) is 5.75 Å². The molecule has 0 radical (unpaired) electrons. The lowest BCUT2D eigenvalue weighted by Crippen LogP contribution is -2.10. The van der Waals surface area contributed by atoms with E-state index in [1.807, 2.05) is 0 Å². The lowest BCUT2D eigenvalue weighted by atomic mass is 10.1. The van der Waals surface area contributed by atoms with Gasteiger partial charge in [-0.3, -0.25) is 10.1 Å². The highest BCUT2D eigenvalue weighted by Gasteiger charge is 2.16. The van der Waals surface area contributed by atoms with E-state index < -0.39 is 16.7 Å². The fourth-order valence-electron chi connectivity index (χ4n) is 1.67. The zero-order chi connectivity index (χ0) is 14.7. The molecule has 5 nitrogen and oxygen atoms in total. The van der Waals surface area contributed by atoms with Crippen molar-refractivity contribution in [1.82, 2.24) is 0 Å². The Hall–Kier alpha value is -2.76. The van der Waals surface area contributed by atoms with E-state index in [4.69, 9.17) is 4.74 Å². The largest absolute Gasteiger partial charge is 0.420 e. The summed E-state index contributed by atoms with van der Waals surface area (Å²) in [6.45, 7) is 1.62. The number of aryl methyl sites for hydroxylation is 1. The second-order valence-corrected chi connectivity index (χ2v) is 4.13. The van der Waals surface area contributed by atoms with Gasteiger partial charge >= 0.3 is 5.97 Å². The van der Waals surface area contributed by atoms with Crippen LogP contribution in [0.25, 0.3) is 0 Å². The van der Waals surface area contributed by atoms with E-state index in [0.29, 0.717) is 5.56 Å². The van der Waals surface area contributed by atoms with Gasteiger partial charge in [-0.05, 0) is 30.7 Å². The van der Waals surface area contributed by atoms with Crippen LogP contribution in [-0.4, -0.2) is 10.9 Å². The van der Waals surface area contributed by atoms with Gasteiger partial charge in [-0.25, -0.2) is 9.18 Å². The van der Waals surface area contributed by atoms with E-state index >= 15 is 0 Å². The minimum atomic E-state index is -0.845. The summed E-state index contributed by atoms with van der Waals surface area (Å²) in [5, 5.41) is 10.7. The standard InChI is InChI=1S/C14H10FNO4/c1-9-6-10(8-11(7-9)16(18)19)14(17)20-13-5-3-2-4-12(13)15/h2-8H,1H3. The van der Waals surface area contributed by atoms with Crippen molar-refractivity contribution in [2.45, 2.75) is 6.92 Å². The summed E-state index contributed by atoms with van der Waals surface area (Å²) in [7, 11) is 0. The Bertz CT molecular complexity index is 685. The van der Waals surface area contributed by atoms with Crippen LogP contribution in [0.15, 0.2) is 42.5 Å². The molecule has 2 rings (SSSR count). The van der Waals surface area contributed by atoms with Crippen LogP contribution in [0.2, 0.25) is 0 Å². The molecule has 0 fully saturated rings. The predicted molar refractivity (Wildman–Crippen MR) is 69.2 cm³/mol. The van der Waals surface area contributed by atoms with Gasteiger partial charge in [0.15, 0.2) is 11.6 Å². The van der Waals surface area contributed by atoms with Crippen molar-refractivity contribution in [3.05, 3.63) is 69.5 Å². The molecule has 0 aromatic heterocycles. The fraction of sp³-hybridized carbons (Fsp3) is 0.0714. The minimum Gasteiger partial charge on any atom is -0.420 e. The Morgan fingerprint density at radius 1 is 1.25 bits per heavy atom. The van der Waals surface area contributed by atoms with Crippen molar-refractivity contribution in [3.63, 3.8) is 0 Å². The van der Waals surface area contributed by atoms with Gasteiger partial charge in [0.1, 0.15) is 0 Å². The van der Waals surface area contributed by atoms with Crippen LogP contribution in [-0.2, 0) is 0 Å². The topological polar surface area (TPSA) is 69.4 Å². The summed E-state index contributed by atoms with van der Waals surface area (Å²) in [6.07, 6.45) is 0. The predicted octanol–water partition coefficient (Wildman–Crippen LogP) is 3.26. The van der Waals surface area contributed by atoms with Crippen LogP contribution in [0.3, 0.4) is 0 Å². The number of hydrogen-bond donors (Lipinski definition) is 0. The minimum absolute atomic E-state index is 0.0000435. The van der Waals surface area contributed by atoms with Crippen molar-refractivity contribution < 1.29 is 18.8 Å². The molecule has 0 spiro atoms. The Morgan fingerprint density at radius 2 is 1.95 bits per heavy atom. The van der Waals surface area contributed by atoms with Crippen LogP contribution in [0.4, 0.5) is 10.1 Å². The number of ether oxygens (including phenoxy) is 1. The number of hydrogen-bond acceptors (Lipinski definition) is 4. The van der Waals surface area contributed by atoms with E-state index in [-0.39, 0.29) is 17.0 Å². The zero-order valence-corrected chi connectivity index (χ0v) is 10.5. The summed E-state index contributed by atoms with van der Waals surface area (Å²) in [4.78, 5) is 22.0. The number of carbonyl (C=O) groups is 1. The van der Waals surface area contributed by atoms with Crippen LogP contribution in [0.1, 0.15) is 15.9 Å². The Labute approximate surface area is 113 Å². The van der Waals surface area contributed by atoms with E-state index in [1.165, 1.54) is 30.3 Å². The number of halogens is 1. The van der Waals surface area contributed by atoms with E-state index in [0.717, 1.165) is 12.1 Å². The number of nitro benzene ring substituents is 1. The molecule has 0 atom stereocenters. The summed E-state index contributed by atoms with van der Waals surface area (Å²) >= 11 is 0. The Kier molecular flexibility index (Phi) is 3.74. The lowest BCUT2D eigenvalue weighted by molar-refractivity contribution is -0.384. The number of carbonyl (C=O) groups excluding carboxylic acids is 1. The van der Waals surface area contributed by atoms with E-state index in [1.54, 1.807) is 6.92 Å². The Balaban J connectivity index is 2.30. The van der Waals surface area contributed by atoms with Crippen molar-refractivity contribution in [2.75, 3.05) is 0 Å². The number of nitro groups is 1. The first-order valence-corrected chi connectivity index (χ1v) is 5.70. The maximum Gasteiger partial charge on any atom is 0.343 e. The molecular formula is C14H10FNO4. The second kappa shape index (κ2) is 5.48.